The van der Waals surface area contributed by atoms with E-state index in [1.54, 1.807) is 11.3 Å². The van der Waals surface area contributed by atoms with Gasteiger partial charge < -0.3 is 5.73 Å². The van der Waals surface area contributed by atoms with Crippen molar-refractivity contribution in [3.8, 4) is 0 Å². The molecule has 1 atom stereocenters. The summed E-state index contributed by atoms with van der Waals surface area (Å²) in [5.74, 6) is 0.711. The van der Waals surface area contributed by atoms with Crippen molar-refractivity contribution in [2.75, 3.05) is 0 Å². The van der Waals surface area contributed by atoms with Crippen LogP contribution in [0.25, 0.3) is 0 Å². The molecule has 2 nitrogen and oxygen atoms in total. The third-order valence-corrected chi connectivity index (χ3v) is 4.42. The van der Waals surface area contributed by atoms with E-state index in [1.807, 2.05) is 6.92 Å². The Morgan fingerprint density at radius 3 is 2.53 bits per heavy atom. The maximum atomic E-state index is 5.87. The standard InChI is InChI=1S/C12H20N2S/c1-8(13)12-14-11(9(2)15-12)10-6-4-3-5-7-10/h8,10H,3-7,13H2,1-2H3. The molecule has 1 unspecified atom stereocenters. The molecule has 0 spiro atoms. The van der Waals surface area contributed by atoms with Crippen LogP contribution in [-0.2, 0) is 0 Å². The summed E-state index contributed by atoms with van der Waals surface area (Å²) in [7, 11) is 0. The van der Waals surface area contributed by atoms with Gasteiger partial charge in [-0.25, -0.2) is 4.98 Å². The predicted molar refractivity (Wildman–Crippen MR) is 65.3 cm³/mol. The summed E-state index contributed by atoms with van der Waals surface area (Å²) in [6, 6.07) is 0.0889. The monoisotopic (exact) mass is 224 g/mol. The topological polar surface area (TPSA) is 38.9 Å². The molecule has 0 bridgehead atoms. The van der Waals surface area contributed by atoms with Crippen molar-refractivity contribution >= 4 is 11.3 Å². The van der Waals surface area contributed by atoms with Gasteiger partial charge in [0.05, 0.1) is 11.7 Å². The van der Waals surface area contributed by atoms with Gasteiger partial charge in [-0.1, -0.05) is 19.3 Å². The van der Waals surface area contributed by atoms with Crippen LogP contribution in [0.15, 0.2) is 0 Å². The van der Waals surface area contributed by atoms with Gasteiger partial charge in [0, 0.05) is 10.8 Å². The molecule has 3 heteroatoms. The number of hydrogen-bond acceptors (Lipinski definition) is 3. The van der Waals surface area contributed by atoms with E-state index < -0.39 is 0 Å². The van der Waals surface area contributed by atoms with Crippen LogP contribution in [0, 0.1) is 6.92 Å². The smallest absolute Gasteiger partial charge is 0.110 e. The van der Waals surface area contributed by atoms with E-state index in [4.69, 9.17) is 10.7 Å². The lowest BCUT2D eigenvalue weighted by Gasteiger charge is -2.20. The molecular formula is C12H20N2S. The Balaban J connectivity index is 2.19. The summed E-state index contributed by atoms with van der Waals surface area (Å²) < 4.78 is 0. The minimum absolute atomic E-state index is 0.0889. The van der Waals surface area contributed by atoms with Crippen molar-refractivity contribution in [3.63, 3.8) is 0 Å². The van der Waals surface area contributed by atoms with Crippen LogP contribution in [0.5, 0.6) is 0 Å². The number of nitrogens with zero attached hydrogens (tertiary/aromatic N) is 1. The van der Waals surface area contributed by atoms with Gasteiger partial charge in [0.2, 0.25) is 0 Å². The molecule has 1 aliphatic rings. The molecule has 15 heavy (non-hydrogen) atoms. The van der Waals surface area contributed by atoms with Gasteiger partial charge in [0.25, 0.3) is 0 Å². The molecule has 0 aliphatic heterocycles. The normalized spacial score (nSPS) is 20.5. The molecule has 1 fully saturated rings. The maximum Gasteiger partial charge on any atom is 0.110 e. The van der Waals surface area contributed by atoms with Gasteiger partial charge in [0.1, 0.15) is 5.01 Å². The summed E-state index contributed by atoms with van der Waals surface area (Å²) in [6.07, 6.45) is 6.79. The van der Waals surface area contributed by atoms with Crippen molar-refractivity contribution in [3.05, 3.63) is 15.6 Å². The van der Waals surface area contributed by atoms with Crippen LogP contribution in [0.2, 0.25) is 0 Å². The largest absolute Gasteiger partial charge is 0.322 e. The van der Waals surface area contributed by atoms with Crippen molar-refractivity contribution in [2.45, 2.75) is 57.9 Å². The molecule has 0 radical (unpaired) electrons. The Morgan fingerprint density at radius 2 is 2.00 bits per heavy atom. The molecule has 2 rings (SSSR count). The lowest BCUT2D eigenvalue weighted by molar-refractivity contribution is 0.436. The van der Waals surface area contributed by atoms with Crippen LogP contribution in [-0.4, -0.2) is 4.98 Å². The minimum Gasteiger partial charge on any atom is -0.322 e. The highest BCUT2D eigenvalue weighted by Crippen LogP contribution is 2.36. The number of hydrogen-bond donors (Lipinski definition) is 1. The van der Waals surface area contributed by atoms with E-state index in [0.717, 1.165) is 5.01 Å². The van der Waals surface area contributed by atoms with Crippen LogP contribution in [0.4, 0.5) is 0 Å². The van der Waals surface area contributed by atoms with E-state index >= 15 is 0 Å². The zero-order chi connectivity index (χ0) is 10.8. The molecular weight excluding hydrogens is 204 g/mol. The fourth-order valence-corrected chi connectivity index (χ4v) is 3.34. The fourth-order valence-electron chi connectivity index (χ4n) is 2.38. The van der Waals surface area contributed by atoms with Gasteiger partial charge in [-0.15, -0.1) is 11.3 Å². The number of aryl methyl sites for hydroxylation is 1. The van der Waals surface area contributed by atoms with Gasteiger partial charge in [-0.05, 0) is 26.7 Å². The first-order valence-electron chi connectivity index (χ1n) is 5.91. The first-order valence-corrected chi connectivity index (χ1v) is 6.73. The fraction of sp³-hybridized carbons (Fsp3) is 0.750. The highest BCUT2D eigenvalue weighted by Gasteiger charge is 2.21. The molecule has 0 amide bonds. The second kappa shape index (κ2) is 4.62. The Kier molecular flexibility index (Phi) is 3.42. The van der Waals surface area contributed by atoms with Crippen molar-refractivity contribution in [1.29, 1.82) is 0 Å². The highest BCUT2D eigenvalue weighted by atomic mass is 32.1. The molecule has 1 aromatic heterocycles. The summed E-state index contributed by atoms with van der Waals surface area (Å²) in [4.78, 5) is 6.11. The van der Waals surface area contributed by atoms with Crippen LogP contribution >= 0.6 is 11.3 Å². The Morgan fingerprint density at radius 1 is 1.33 bits per heavy atom. The number of aromatic nitrogens is 1. The molecule has 1 aliphatic carbocycles. The van der Waals surface area contributed by atoms with Crippen molar-refractivity contribution in [1.82, 2.24) is 4.98 Å². The molecule has 1 aromatic rings. The molecule has 1 saturated carbocycles. The number of thiazole rings is 1. The molecule has 0 aromatic carbocycles. The van der Waals surface area contributed by atoms with Gasteiger partial charge >= 0.3 is 0 Å². The van der Waals surface area contributed by atoms with E-state index in [0.29, 0.717) is 5.92 Å². The van der Waals surface area contributed by atoms with Crippen molar-refractivity contribution in [2.24, 2.45) is 5.73 Å². The average Bonchev–Trinajstić information content (AvgIpc) is 2.62. The quantitative estimate of drug-likeness (QED) is 0.834. The Labute approximate surface area is 95.9 Å². The van der Waals surface area contributed by atoms with Crippen molar-refractivity contribution < 1.29 is 0 Å². The molecule has 84 valence electrons. The SMILES string of the molecule is Cc1sc(C(C)N)nc1C1CCCCC1. The van der Waals surface area contributed by atoms with E-state index in [1.165, 1.54) is 42.7 Å². The second-order valence-electron chi connectivity index (χ2n) is 4.62. The molecule has 1 heterocycles. The zero-order valence-corrected chi connectivity index (χ0v) is 10.4. The average molecular weight is 224 g/mol. The zero-order valence-electron chi connectivity index (χ0n) is 9.62. The maximum absolute atomic E-state index is 5.87. The van der Waals surface area contributed by atoms with Gasteiger partial charge in [-0.3, -0.25) is 0 Å². The lowest BCUT2D eigenvalue weighted by atomic mass is 9.86. The lowest BCUT2D eigenvalue weighted by Crippen LogP contribution is -2.08. The first-order chi connectivity index (χ1) is 7.18. The summed E-state index contributed by atoms with van der Waals surface area (Å²) in [5, 5.41) is 1.10. The van der Waals surface area contributed by atoms with E-state index in [-0.39, 0.29) is 6.04 Å². The van der Waals surface area contributed by atoms with Crippen LogP contribution in [0.1, 0.15) is 66.6 Å². The minimum atomic E-state index is 0.0889. The number of nitrogens with two attached hydrogens (primary N) is 1. The third kappa shape index (κ3) is 2.40. The van der Waals surface area contributed by atoms with Crippen LogP contribution in [0.3, 0.4) is 0 Å². The Hall–Kier alpha value is -0.410. The predicted octanol–water partition coefficient (Wildman–Crippen LogP) is 3.52. The molecule has 2 N–H and O–H groups in total. The van der Waals surface area contributed by atoms with E-state index in [2.05, 4.69) is 6.92 Å². The van der Waals surface area contributed by atoms with E-state index in [9.17, 15) is 0 Å². The summed E-state index contributed by atoms with van der Waals surface area (Å²) in [6.45, 7) is 4.20. The second-order valence-corrected chi connectivity index (χ2v) is 5.85. The number of rotatable bonds is 2. The summed E-state index contributed by atoms with van der Waals surface area (Å²) in [5.41, 5.74) is 7.21. The van der Waals surface area contributed by atoms with Crippen LogP contribution < -0.4 is 5.73 Å². The third-order valence-electron chi connectivity index (χ3n) is 3.23. The van der Waals surface area contributed by atoms with Gasteiger partial charge in [-0.2, -0.15) is 0 Å². The highest BCUT2D eigenvalue weighted by molar-refractivity contribution is 7.11. The summed E-state index contributed by atoms with van der Waals surface area (Å²) >= 11 is 1.78. The Bertz CT molecular complexity index is 324. The molecule has 0 saturated heterocycles. The first kappa shape index (κ1) is 11.1. The van der Waals surface area contributed by atoms with Gasteiger partial charge in [0.15, 0.2) is 0 Å².